The van der Waals surface area contributed by atoms with E-state index in [2.05, 4.69) is 15.4 Å². The lowest BCUT2D eigenvalue weighted by molar-refractivity contribution is -0.148. The standard InChI is InChI=1S/C22H21ClN4O3/c1-14-18(15(2)27(26-14)17-8-5-4-6-9-17)11-12-20(28)30-16(3)22(29)25-19-10-7-13-24-21(19)23/h4-13,16H,1-3H3,(H,25,29). The van der Waals surface area contributed by atoms with Crippen LogP contribution in [0.1, 0.15) is 23.9 Å². The molecule has 1 amide bonds. The van der Waals surface area contributed by atoms with Crippen molar-refractivity contribution in [2.75, 3.05) is 5.32 Å². The molecule has 7 nitrogen and oxygen atoms in total. The van der Waals surface area contributed by atoms with Crippen LogP contribution in [0.25, 0.3) is 11.8 Å². The molecule has 154 valence electrons. The van der Waals surface area contributed by atoms with Crippen LogP contribution in [0.15, 0.2) is 54.7 Å². The molecule has 0 bridgehead atoms. The van der Waals surface area contributed by atoms with E-state index in [-0.39, 0.29) is 5.15 Å². The van der Waals surface area contributed by atoms with Gasteiger partial charge in [0.05, 0.1) is 17.1 Å². The van der Waals surface area contributed by atoms with E-state index in [1.54, 1.807) is 18.2 Å². The summed E-state index contributed by atoms with van der Waals surface area (Å²) in [5.74, 6) is -1.14. The summed E-state index contributed by atoms with van der Waals surface area (Å²) >= 11 is 5.92. The molecule has 1 unspecified atom stereocenters. The van der Waals surface area contributed by atoms with Crippen molar-refractivity contribution in [3.8, 4) is 5.69 Å². The van der Waals surface area contributed by atoms with Gasteiger partial charge >= 0.3 is 5.97 Å². The second-order valence-corrected chi connectivity index (χ2v) is 6.93. The Morgan fingerprint density at radius 2 is 1.90 bits per heavy atom. The van der Waals surface area contributed by atoms with E-state index in [0.717, 1.165) is 22.6 Å². The van der Waals surface area contributed by atoms with Crippen LogP contribution in [0.4, 0.5) is 5.69 Å². The molecular formula is C22H21ClN4O3. The minimum atomic E-state index is -1.01. The fourth-order valence-electron chi connectivity index (χ4n) is 2.85. The molecule has 3 aromatic rings. The lowest BCUT2D eigenvalue weighted by Gasteiger charge is -2.12. The van der Waals surface area contributed by atoms with E-state index < -0.39 is 18.0 Å². The normalized spacial score (nSPS) is 12.0. The Kier molecular flexibility index (Phi) is 6.64. The summed E-state index contributed by atoms with van der Waals surface area (Å²) in [5.41, 5.74) is 3.76. The molecule has 1 aromatic carbocycles. The first-order valence-corrected chi connectivity index (χ1v) is 9.66. The summed E-state index contributed by atoms with van der Waals surface area (Å²) in [5, 5.41) is 7.27. The molecule has 0 saturated carbocycles. The van der Waals surface area contributed by atoms with Gasteiger partial charge in [0.25, 0.3) is 5.91 Å². The molecule has 30 heavy (non-hydrogen) atoms. The number of carbonyl (C=O) groups is 2. The highest BCUT2D eigenvalue weighted by Crippen LogP contribution is 2.20. The van der Waals surface area contributed by atoms with E-state index >= 15 is 0 Å². The minimum absolute atomic E-state index is 0.158. The molecule has 0 radical (unpaired) electrons. The van der Waals surface area contributed by atoms with Gasteiger partial charge in [0.15, 0.2) is 11.3 Å². The van der Waals surface area contributed by atoms with E-state index in [1.165, 1.54) is 19.2 Å². The van der Waals surface area contributed by atoms with Crippen molar-refractivity contribution in [2.45, 2.75) is 26.9 Å². The van der Waals surface area contributed by atoms with E-state index in [4.69, 9.17) is 16.3 Å². The average molecular weight is 425 g/mol. The SMILES string of the molecule is Cc1nn(-c2ccccc2)c(C)c1C=CC(=O)OC(C)C(=O)Nc1cccnc1Cl. The van der Waals surface area contributed by atoms with Crippen LogP contribution in [-0.2, 0) is 14.3 Å². The van der Waals surface area contributed by atoms with Crippen molar-refractivity contribution in [1.29, 1.82) is 0 Å². The van der Waals surface area contributed by atoms with Crippen LogP contribution < -0.4 is 5.32 Å². The van der Waals surface area contributed by atoms with Gasteiger partial charge in [0.1, 0.15) is 0 Å². The third kappa shape index (κ3) is 4.93. The topological polar surface area (TPSA) is 86.1 Å². The molecule has 0 aliphatic carbocycles. The number of halogens is 1. The molecule has 0 saturated heterocycles. The van der Waals surface area contributed by atoms with Gasteiger partial charge < -0.3 is 10.1 Å². The number of nitrogens with one attached hydrogen (secondary N) is 1. The van der Waals surface area contributed by atoms with E-state index in [1.807, 2.05) is 48.9 Å². The van der Waals surface area contributed by atoms with Gasteiger partial charge in [0.2, 0.25) is 0 Å². The molecule has 0 fully saturated rings. The van der Waals surface area contributed by atoms with E-state index in [9.17, 15) is 9.59 Å². The number of rotatable bonds is 6. The van der Waals surface area contributed by atoms with Crippen LogP contribution in [-0.4, -0.2) is 32.7 Å². The number of carbonyl (C=O) groups excluding carboxylic acids is 2. The Hall–Kier alpha value is -3.45. The molecule has 1 atom stereocenters. The Balaban J connectivity index is 1.65. The Bertz CT molecular complexity index is 1090. The second-order valence-electron chi connectivity index (χ2n) is 6.58. The summed E-state index contributed by atoms with van der Waals surface area (Å²) in [7, 11) is 0. The van der Waals surface area contributed by atoms with Gasteiger partial charge in [-0.2, -0.15) is 5.10 Å². The number of ether oxygens (including phenoxy) is 1. The van der Waals surface area contributed by atoms with Crippen LogP contribution in [0.2, 0.25) is 5.15 Å². The fraction of sp³-hybridized carbons (Fsp3) is 0.182. The zero-order valence-electron chi connectivity index (χ0n) is 16.8. The highest BCUT2D eigenvalue weighted by molar-refractivity contribution is 6.32. The van der Waals surface area contributed by atoms with Crippen molar-refractivity contribution in [3.05, 3.63) is 76.8 Å². The van der Waals surface area contributed by atoms with Crippen LogP contribution in [0, 0.1) is 13.8 Å². The number of anilines is 1. The Labute approximate surface area is 179 Å². The van der Waals surface area contributed by atoms with Gasteiger partial charge in [-0.05, 0) is 51.1 Å². The Morgan fingerprint density at radius 1 is 1.17 bits per heavy atom. The van der Waals surface area contributed by atoms with Crippen molar-refractivity contribution < 1.29 is 14.3 Å². The molecule has 1 N–H and O–H groups in total. The molecule has 2 heterocycles. The van der Waals surface area contributed by atoms with Crippen molar-refractivity contribution in [3.63, 3.8) is 0 Å². The highest BCUT2D eigenvalue weighted by atomic mass is 35.5. The van der Waals surface area contributed by atoms with Crippen LogP contribution in [0.5, 0.6) is 0 Å². The van der Waals surface area contributed by atoms with Crippen LogP contribution >= 0.6 is 11.6 Å². The highest BCUT2D eigenvalue weighted by Gasteiger charge is 2.18. The predicted octanol–water partition coefficient (Wildman–Crippen LogP) is 4.12. The number of pyridine rings is 1. The Morgan fingerprint density at radius 3 is 2.60 bits per heavy atom. The van der Waals surface area contributed by atoms with Gasteiger partial charge in [0, 0.05) is 23.5 Å². The number of aromatic nitrogens is 3. The average Bonchev–Trinajstić information content (AvgIpc) is 3.02. The smallest absolute Gasteiger partial charge is 0.331 e. The monoisotopic (exact) mass is 424 g/mol. The third-order valence-corrected chi connectivity index (χ3v) is 4.71. The lowest BCUT2D eigenvalue weighted by atomic mass is 10.2. The molecule has 0 aliphatic heterocycles. The fourth-order valence-corrected chi connectivity index (χ4v) is 3.02. The number of hydrogen-bond donors (Lipinski definition) is 1. The predicted molar refractivity (Wildman–Crippen MR) is 116 cm³/mol. The summed E-state index contributed by atoms with van der Waals surface area (Å²) in [6.07, 6.45) is 3.43. The minimum Gasteiger partial charge on any atom is -0.449 e. The molecule has 3 rings (SSSR count). The number of para-hydroxylation sites is 1. The maximum absolute atomic E-state index is 12.2. The summed E-state index contributed by atoms with van der Waals surface area (Å²) in [6, 6.07) is 13.0. The number of hydrogen-bond acceptors (Lipinski definition) is 5. The third-order valence-electron chi connectivity index (χ3n) is 4.41. The first kappa shape index (κ1) is 21.3. The van der Waals surface area contributed by atoms with Crippen LogP contribution in [0.3, 0.4) is 0 Å². The zero-order chi connectivity index (χ0) is 21.7. The summed E-state index contributed by atoms with van der Waals surface area (Å²) in [6.45, 7) is 5.27. The number of esters is 1. The summed E-state index contributed by atoms with van der Waals surface area (Å²) in [4.78, 5) is 28.3. The summed E-state index contributed by atoms with van der Waals surface area (Å²) < 4.78 is 7.00. The van der Waals surface area contributed by atoms with Gasteiger partial charge in [-0.25, -0.2) is 14.5 Å². The number of amides is 1. The molecule has 8 heteroatoms. The van der Waals surface area contributed by atoms with Gasteiger partial charge in [-0.3, -0.25) is 4.79 Å². The maximum atomic E-state index is 12.2. The molecule has 0 spiro atoms. The van der Waals surface area contributed by atoms with Crippen molar-refractivity contribution in [1.82, 2.24) is 14.8 Å². The molecule has 2 aromatic heterocycles. The number of benzene rings is 1. The second kappa shape index (κ2) is 9.37. The molecular weight excluding hydrogens is 404 g/mol. The van der Waals surface area contributed by atoms with Crippen molar-refractivity contribution >= 4 is 35.2 Å². The maximum Gasteiger partial charge on any atom is 0.331 e. The van der Waals surface area contributed by atoms with Gasteiger partial charge in [-0.15, -0.1) is 0 Å². The zero-order valence-corrected chi connectivity index (χ0v) is 17.6. The van der Waals surface area contributed by atoms with Gasteiger partial charge in [-0.1, -0.05) is 29.8 Å². The first-order valence-electron chi connectivity index (χ1n) is 9.28. The van der Waals surface area contributed by atoms with E-state index in [0.29, 0.717) is 5.69 Å². The first-order chi connectivity index (χ1) is 14.4. The number of nitrogens with zero attached hydrogens (tertiary/aromatic N) is 3. The number of aryl methyl sites for hydroxylation is 1. The molecule has 0 aliphatic rings. The quantitative estimate of drug-likeness (QED) is 0.365. The lowest BCUT2D eigenvalue weighted by Crippen LogP contribution is -2.29. The largest absolute Gasteiger partial charge is 0.449 e. The van der Waals surface area contributed by atoms with Crippen molar-refractivity contribution in [2.24, 2.45) is 0 Å².